The molecule has 0 aliphatic carbocycles. The molecule has 0 spiro atoms. The van der Waals surface area contributed by atoms with Gasteiger partial charge in [0.2, 0.25) is 0 Å². The van der Waals surface area contributed by atoms with Crippen molar-refractivity contribution in [1.29, 1.82) is 5.26 Å². The minimum absolute atomic E-state index is 0.272. The molecular weight excluding hydrogens is 264 g/mol. The maximum absolute atomic E-state index is 8.75. The first-order chi connectivity index (χ1) is 7.71. The molecule has 16 heavy (non-hydrogen) atoms. The number of nitrogens with zero attached hydrogens (tertiary/aromatic N) is 1. The molecule has 1 aromatic rings. The lowest BCUT2D eigenvalue weighted by Crippen LogP contribution is -2.17. The van der Waals surface area contributed by atoms with Gasteiger partial charge in [-0.3, -0.25) is 0 Å². The van der Waals surface area contributed by atoms with Crippen molar-refractivity contribution in [3.8, 4) is 18.4 Å². The van der Waals surface area contributed by atoms with Crippen molar-refractivity contribution in [1.82, 2.24) is 0 Å². The molecule has 0 aliphatic heterocycles. The van der Waals surface area contributed by atoms with Gasteiger partial charge in [-0.2, -0.15) is 5.26 Å². The zero-order valence-corrected chi connectivity index (χ0v) is 10.7. The Balaban J connectivity index is 2.82. The summed E-state index contributed by atoms with van der Waals surface area (Å²) in [5, 5.41) is 12.1. The molecule has 0 aromatic heterocycles. The average Bonchev–Trinajstić information content (AvgIpc) is 2.30. The predicted octanol–water partition coefficient (Wildman–Crippen LogP) is 3.53. The summed E-state index contributed by atoms with van der Waals surface area (Å²) in [5.74, 6) is 2.65. The largest absolute Gasteiger partial charge is 0.380 e. The number of rotatable bonds is 4. The lowest BCUT2D eigenvalue weighted by atomic mass is 10.1. The lowest BCUT2D eigenvalue weighted by Gasteiger charge is -2.16. The number of hydrogen-bond acceptors (Lipinski definition) is 2. The van der Waals surface area contributed by atoms with E-state index in [0.717, 1.165) is 16.6 Å². The molecule has 0 fully saturated rings. The van der Waals surface area contributed by atoms with Gasteiger partial charge in [-0.05, 0) is 40.5 Å². The monoisotopic (exact) mass is 276 g/mol. The Morgan fingerprint density at radius 3 is 2.81 bits per heavy atom. The van der Waals surface area contributed by atoms with E-state index in [1.54, 1.807) is 12.1 Å². The Kier molecular flexibility index (Phi) is 4.89. The summed E-state index contributed by atoms with van der Waals surface area (Å²) < 4.78 is 0.891. The van der Waals surface area contributed by atoms with Gasteiger partial charge in [0.25, 0.3) is 0 Å². The highest BCUT2D eigenvalue weighted by molar-refractivity contribution is 9.10. The molecule has 82 valence electrons. The molecule has 0 saturated carbocycles. The summed E-state index contributed by atoms with van der Waals surface area (Å²) in [6.07, 6.45) is 6.96. The van der Waals surface area contributed by atoms with Gasteiger partial charge in [-0.25, -0.2) is 0 Å². The van der Waals surface area contributed by atoms with Gasteiger partial charge in [-0.15, -0.1) is 12.3 Å². The van der Waals surface area contributed by atoms with E-state index in [2.05, 4.69) is 40.2 Å². The normalized spacial score (nSPS) is 11.2. The summed E-state index contributed by atoms with van der Waals surface area (Å²) in [5.41, 5.74) is 1.61. The molecule has 3 heteroatoms. The van der Waals surface area contributed by atoms with Crippen LogP contribution in [0.2, 0.25) is 0 Å². The number of nitriles is 1. The number of benzene rings is 1. The van der Waals surface area contributed by atoms with E-state index in [9.17, 15) is 0 Å². The van der Waals surface area contributed by atoms with E-state index in [-0.39, 0.29) is 6.04 Å². The molecule has 1 rings (SSSR count). The van der Waals surface area contributed by atoms with Crippen molar-refractivity contribution in [2.45, 2.75) is 25.8 Å². The summed E-state index contributed by atoms with van der Waals surface area (Å²) in [7, 11) is 0. The summed E-state index contributed by atoms with van der Waals surface area (Å²) >= 11 is 3.43. The van der Waals surface area contributed by atoms with Gasteiger partial charge in [-0.1, -0.05) is 6.92 Å². The Hall–Kier alpha value is -1.45. The maximum atomic E-state index is 8.75. The minimum Gasteiger partial charge on any atom is -0.380 e. The fourth-order valence-electron chi connectivity index (χ4n) is 1.36. The molecule has 0 aliphatic rings. The van der Waals surface area contributed by atoms with Crippen LogP contribution in [0.5, 0.6) is 0 Å². The molecule has 1 atom stereocenters. The quantitative estimate of drug-likeness (QED) is 0.854. The molecule has 0 bridgehead atoms. The van der Waals surface area contributed by atoms with E-state index < -0.39 is 0 Å². The number of anilines is 1. The number of nitrogens with one attached hydrogen (secondary N) is 1. The molecule has 0 radical (unpaired) electrons. The Bertz CT molecular complexity index is 440. The van der Waals surface area contributed by atoms with Crippen molar-refractivity contribution < 1.29 is 0 Å². The van der Waals surface area contributed by atoms with E-state index in [1.807, 2.05) is 6.07 Å². The van der Waals surface area contributed by atoms with Crippen LogP contribution in [0.1, 0.15) is 25.3 Å². The zero-order chi connectivity index (χ0) is 12.0. The van der Waals surface area contributed by atoms with Crippen molar-refractivity contribution in [2.24, 2.45) is 0 Å². The number of hydrogen-bond donors (Lipinski definition) is 1. The highest BCUT2D eigenvalue weighted by Crippen LogP contribution is 2.24. The van der Waals surface area contributed by atoms with Crippen LogP contribution in [-0.2, 0) is 0 Å². The Morgan fingerprint density at radius 1 is 1.56 bits per heavy atom. The van der Waals surface area contributed by atoms with Crippen molar-refractivity contribution in [2.75, 3.05) is 5.32 Å². The number of terminal acetylenes is 1. The highest BCUT2D eigenvalue weighted by Gasteiger charge is 2.07. The Labute approximate surface area is 105 Å². The van der Waals surface area contributed by atoms with Gasteiger partial charge in [0.1, 0.15) is 0 Å². The Morgan fingerprint density at radius 2 is 2.31 bits per heavy atom. The third-order valence-electron chi connectivity index (χ3n) is 2.31. The van der Waals surface area contributed by atoms with E-state index in [0.29, 0.717) is 12.0 Å². The first-order valence-electron chi connectivity index (χ1n) is 5.11. The van der Waals surface area contributed by atoms with Crippen LogP contribution >= 0.6 is 15.9 Å². The topological polar surface area (TPSA) is 35.8 Å². The van der Waals surface area contributed by atoms with Crippen molar-refractivity contribution in [3.63, 3.8) is 0 Å². The van der Waals surface area contributed by atoms with Crippen LogP contribution < -0.4 is 5.32 Å². The fourth-order valence-corrected chi connectivity index (χ4v) is 1.85. The van der Waals surface area contributed by atoms with Gasteiger partial charge < -0.3 is 5.32 Å². The SMILES string of the molecule is C#CCC(CC)Nc1ccc(C#N)cc1Br. The second-order valence-electron chi connectivity index (χ2n) is 3.46. The van der Waals surface area contributed by atoms with E-state index in [4.69, 9.17) is 11.7 Å². The zero-order valence-electron chi connectivity index (χ0n) is 9.13. The van der Waals surface area contributed by atoms with Gasteiger partial charge in [0, 0.05) is 22.6 Å². The van der Waals surface area contributed by atoms with Crippen LogP contribution in [0.3, 0.4) is 0 Å². The third kappa shape index (κ3) is 3.29. The van der Waals surface area contributed by atoms with Crippen LogP contribution in [0.25, 0.3) is 0 Å². The summed E-state index contributed by atoms with van der Waals surface area (Å²) in [6.45, 7) is 2.09. The fraction of sp³-hybridized carbons (Fsp3) is 0.308. The molecule has 0 amide bonds. The predicted molar refractivity (Wildman–Crippen MR) is 70.0 cm³/mol. The lowest BCUT2D eigenvalue weighted by molar-refractivity contribution is 0.715. The van der Waals surface area contributed by atoms with Crippen LogP contribution in [-0.4, -0.2) is 6.04 Å². The molecule has 1 unspecified atom stereocenters. The molecule has 0 heterocycles. The number of halogens is 1. The minimum atomic E-state index is 0.272. The molecule has 2 nitrogen and oxygen atoms in total. The second-order valence-corrected chi connectivity index (χ2v) is 4.32. The first kappa shape index (κ1) is 12.6. The second kappa shape index (κ2) is 6.20. The van der Waals surface area contributed by atoms with E-state index in [1.165, 1.54) is 0 Å². The molecule has 1 aromatic carbocycles. The van der Waals surface area contributed by atoms with E-state index >= 15 is 0 Å². The average molecular weight is 277 g/mol. The smallest absolute Gasteiger partial charge is 0.0992 e. The maximum Gasteiger partial charge on any atom is 0.0992 e. The molecule has 1 N–H and O–H groups in total. The first-order valence-corrected chi connectivity index (χ1v) is 5.90. The molecule has 0 saturated heterocycles. The van der Waals surface area contributed by atoms with Crippen LogP contribution in [0.4, 0.5) is 5.69 Å². The van der Waals surface area contributed by atoms with Crippen LogP contribution in [0.15, 0.2) is 22.7 Å². The van der Waals surface area contributed by atoms with Crippen molar-refractivity contribution in [3.05, 3.63) is 28.2 Å². The standard InChI is InChI=1S/C13H13BrN2/c1-3-5-11(4-2)16-13-7-6-10(9-15)8-12(13)14/h1,6-8,11,16H,4-5H2,2H3. The van der Waals surface area contributed by atoms with Crippen molar-refractivity contribution >= 4 is 21.6 Å². The van der Waals surface area contributed by atoms with Gasteiger partial charge >= 0.3 is 0 Å². The van der Waals surface area contributed by atoms with Gasteiger partial charge in [0.05, 0.1) is 11.6 Å². The third-order valence-corrected chi connectivity index (χ3v) is 2.97. The van der Waals surface area contributed by atoms with Gasteiger partial charge in [0.15, 0.2) is 0 Å². The summed E-state index contributed by atoms with van der Waals surface area (Å²) in [6, 6.07) is 7.84. The van der Waals surface area contributed by atoms with Crippen LogP contribution in [0, 0.1) is 23.7 Å². The molecular formula is C13H13BrN2. The highest BCUT2D eigenvalue weighted by atomic mass is 79.9. The summed E-state index contributed by atoms with van der Waals surface area (Å²) in [4.78, 5) is 0.